The second kappa shape index (κ2) is 6.41. The van der Waals surface area contributed by atoms with Crippen molar-refractivity contribution in [3.8, 4) is 0 Å². The molecule has 0 amide bonds. The molecule has 0 unspecified atom stereocenters. The zero-order chi connectivity index (χ0) is 16.3. The van der Waals surface area contributed by atoms with E-state index in [1.165, 1.54) is 42.5 Å². The molecular formula is C16H11ClO5. The highest BCUT2D eigenvalue weighted by molar-refractivity contribution is 6.30. The van der Waals surface area contributed by atoms with Crippen LogP contribution in [0.2, 0.25) is 5.02 Å². The number of rotatable bonds is 5. The van der Waals surface area contributed by atoms with E-state index in [1.807, 2.05) is 0 Å². The number of aliphatic carboxylic acids is 1. The van der Waals surface area contributed by atoms with Crippen LogP contribution in [0.5, 0.6) is 0 Å². The number of halogens is 1. The summed E-state index contributed by atoms with van der Waals surface area (Å²) in [6, 6.07) is 10.0. The lowest BCUT2D eigenvalue weighted by atomic mass is 9.96. The van der Waals surface area contributed by atoms with Crippen LogP contribution in [0.1, 0.15) is 31.8 Å². The first-order valence-corrected chi connectivity index (χ1v) is 6.64. The van der Waals surface area contributed by atoms with Crippen molar-refractivity contribution in [2.45, 2.75) is 6.42 Å². The lowest BCUT2D eigenvalue weighted by molar-refractivity contribution is -0.136. The standard InChI is InChI=1S/C16H11ClO5/c17-11-4-2-10(3-5-11)15(20)12-6-1-9(8-14(18)19)7-13(12)16(21)22/h1-7H,8H2,(H,18,19)(H,21,22). The van der Waals surface area contributed by atoms with Crippen LogP contribution in [0.15, 0.2) is 42.5 Å². The van der Waals surface area contributed by atoms with Crippen LogP contribution in [0, 0.1) is 0 Å². The highest BCUT2D eigenvalue weighted by Crippen LogP contribution is 2.19. The molecule has 0 radical (unpaired) electrons. The van der Waals surface area contributed by atoms with Crippen LogP contribution >= 0.6 is 11.6 Å². The molecule has 6 heteroatoms. The summed E-state index contributed by atoms with van der Waals surface area (Å²) in [4.78, 5) is 34.4. The Labute approximate surface area is 130 Å². The Morgan fingerprint density at radius 1 is 0.909 bits per heavy atom. The predicted molar refractivity (Wildman–Crippen MR) is 79.6 cm³/mol. The molecule has 0 heterocycles. The maximum absolute atomic E-state index is 12.4. The van der Waals surface area contributed by atoms with E-state index in [9.17, 15) is 19.5 Å². The molecule has 0 aliphatic rings. The number of ketones is 1. The number of benzene rings is 2. The quantitative estimate of drug-likeness (QED) is 0.827. The summed E-state index contributed by atoms with van der Waals surface area (Å²) in [6.45, 7) is 0. The van der Waals surface area contributed by atoms with Crippen LogP contribution in [0.3, 0.4) is 0 Å². The van der Waals surface area contributed by atoms with Gasteiger partial charge >= 0.3 is 11.9 Å². The van der Waals surface area contributed by atoms with Gasteiger partial charge in [0.15, 0.2) is 5.78 Å². The number of carbonyl (C=O) groups excluding carboxylic acids is 1. The Kier molecular flexibility index (Phi) is 4.58. The zero-order valence-corrected chi connectivity index (χ0v) is 12.0. The Hall–Kier alpha value is -2.66. The number of hydrogen-bond donors (Lipinski definition) is 2. The van der Waals surface area contributed by atoms with Gasteiger partial charge in [-0.2, -0.15) is 0 Å². The van der Waals surface area contributed by atoms with Gasteiger partial charge in [0.1, 0.15) is 0 Å². The Morgan fingerprint density at radius 3 is 2.09 bits per heavy atom. The van der Waals surface area contributed by atoms with Crippen LogP contribution in [0.25, 0.3) is 0 Å². The first-order chi connectivity index (χ1) is 10.4. The maximum Gasteiger partial charge on any atom is 0.336 e. The number of hydrogen-bond acceptors (Lipinski definition) is 3. The molecule has 2 rings (SSSR count). The fourth-order valence-electron chi connectivity index (χ4n) is 2.01. The summed E-state index contributed by atoms with van der Waals surface area (Å²) in [5.41, 5.74) is 0.401. The SMILES string of the molecule is O=C(O)Cc1ccc(C(=O)c2ccc(Cl)cc2)c(C(=O)O)c1. The maximum atomic E-state index is 12.4. The fraction of sp³-hybridized carbons (Fsp3) is 0.0625. The monoisotopic (exact) mass is 318 g/mol. The van der Waals surface area contributed by atoms with Crippen LogP contribution < -0.4 is 0 Å². The van der Waals surface area contributed by atoms with Crippen LogP contribution in [-0.4, -0.2) is 27.9 Å². The van der Waals surface area contributed by atoms with Gasteiger partial charge in [0.25, 0.3) is 0 Å². The summed E-state index contributed by atoms with van der Waals surface area (Å²) in [5, 5.41) is 18.5. The highest BCUT2D eigenvalue weighted by Gasteiger charge is 2.19. The highest BCUT2D eigenvalue weighted by atomic mass is 35.5. The van der Waals surface area contributed by atoms with Gasteiger partial charge in [0.2, 0.25) is 0 Å². The predicted octanol–water partition coefficient (Wildman–Crippen LogP) is 2.90. The summed E-state index contributed by atoms with van der Waals surface area (Å²) in [7, 11) is 0. The molecule has 2 aromatic carbocycles. The van der Waals surface area contributed by atoms with E-state index in [-0.39, 0.29) is 17.5 Å². The minimum Gasteiger partial charge on any atom is -0.481 e. The number of aromatic carboxylic acids is 1. The van der Waals surface area contributed by atoms with Crippen molar-refractivity contribution in [1.82, 2.24) is 0 Å². The smallest absolute Gasteiger partial charge is 0.336 e. The second-order valence-corrected chi connectivity index (χ2v) is 5.03. The molecule has 0 atom stereocenters. The van der Waals surface area contributed by atoms with Gasteiger partial charge in [-0.05, 0) is 42.0 Å². The molecule has 0 bridgehead atoms. The van der Waals surface area contributed by atoms with E-state index in [1.54, 1.807) is 0 Å². The lowest BCUT2D eigenvalue weighted by Crippen LogP contribution is -2.11. The van der Waals surface area contributed by atoms with Gasteiger partial charge in [-0.15, -0.1) is 0 Å². The Balaban J connectivity index is 2.45. The second-order valence-electron chi connectivity index (χ2n) is 4.59. The third kappa shape index (κ3) is 3.51. The average Bonchev–Trinajstić information content (AvgIpc) is 2.46. The average molecular weight is 319 g/mol. The van der Waals surface area contributed by atoms with Gasteiger partial charge in [-0.1, -0.05) is 17.7 Å². The van der Waals surface area contributed by atoms with Crippen molar-refractivity contribution >= 4 is 29.3 Å². The van der Waals surface area contributed by atoms with Gasteiger partial charge in [-0.25, -0.2) is 4.79 Å². The molecule has 0 saturated carbocycles. The van der Waals surface area contributed by atoms with Gasteiger partial charge < -0.3 is 10.2 Å². The molecule has 22 heavy (non-hydrogen) atoms. The zero-order valence-electron chi connectivity index (χ0n) is 11.2. The van der Waals surface area contributed by atoms with Crippen molar-refractivity contribution in [3.05, 3.63) is 69.7 Å². The molecule has 112 valence electrons. The molecular weight excluding hydrogens is 308 g/mol. The third-order valence-electron chi connectivity index (χ3n) is 3.02. The number of carboxylic acid groups (broad SMARTS) is 2. The van der Waals surface area contributed by atoms with Crippen molar-refractivity contribution < 1.29 is 24.6 Å². The molecule has 5 nitrogen and oxygen atoms in total. The van der Waals surface area contributed by atoms with Crippen LogP contribution in [-0.2, 0) is 11.2 Å². The van der Waals surface area contributed by atoms with E-state index < -0.39 is 17.7 Å². The molecule has 2 N–H and O–H groups in total. The summed E-state index contributed by atoms with van der Waals surface area (Å²) < 4.78 is 0. The lowest BCUT2D eigenvalue weighted by Gasteiger charge is -2.08. The largest absolute Gasteiger partial charge is 0.481 e. The van der Waals surface area contributed by atoms with Gasteiger partial charge in [-0.3, -0.25) is 9.59 Å². The summed E-state index contributed by atoms with van der Waals surface area (Å²) in [6.07, 6.45) is -0.310. The first kappa shape index (κ1) is 15.7. The van der Waals surface area contributed by atoms with Crippen LogP contribution in [0.4, 0.5) is 0 Å². The fourth-order valence-corrected chi connectivity index (χ4v) is 2.13. The van der Waals surface area contributed by atoms with Crippen molar-refractivity contribution in [2.75, 3.05) is 0 Å². The van der Waals surface area contributed by atoms with Gasteiger partial charge in [0.05, 0.1) is 12.0 Å². The third-order valence-corrected chi connectivity index (χ3v) is 3.27. The Bertz CT molecular complexity index is 750. The van der Waals surface area contributed by atoms with Crippen molar-refractivity contribution in [3.63, 3.8) is 0 Å². The Morgan fingerprint density at radius 2 is 1.55 bits per heavy atom. The molecule has 0 saturated heterocycles. The number of carboxylic acids is 2. The minimum absolute atomic E-state index is 0.00367. The summed E-state index contributed by atoms with van der Waals surface area (Å²) >= 11 is 5.75. The molecule has 2 aromatic rings. The van der Waals surface area contributed by atoms with E-state index in [2.05, 4.69) is 0 Å². The van der Waals surface area contributed by atoms with E-state index in [0.29, 0.717) is 16.1 Å². The first-order valence-electron chi connectivity index (χ1n) is 6.27. The molecule has 0 aromatic heterocycles. The molecule has 0 spiro atoms. The normalized spacial score (nSPS) is 10.2. The molecule has 0 fully saturated rings. The topological polar surface area (TPSA) is 91.7 Å². The van der Waals surface area contributed by atoms with Crippen molar-refractivity contribution in [2.24, 2.45) is 0 Å². The minimum atomic E-state index is -1.29. The van der Waals surface area contributed by atoms with Crippen molar-refractivity contribution in [1.29, 1.82) is 0 Å². The van der Waals surface area contributed by atoms with E-state index in [0.717, 1.165) is 0 Å². The molecule has 0 aliphatic carbocycles. The van der Waals surface area contributed by atoms with E-state index >= 15 is 0 Å². The van der Waals surface area contributed by atoms with E-state index in [4.69, 9.17) is 16.7 Å². The summed E-state index contributed by atoms with van der Waals surface area (Å²) in [5.74, 6) is -2.83. The number of carbonyl (C=O) groups is 3. The molecule has 0 aliphatic heterocycles. The van der Waals surface area contributed by atoms with Gasteiger partial charge in [0, 0.05) is 16.1 Å².